The molecule has 5 heteroatoms. The molecular formula is C22H26N4O. The summed E-state index contributed by atoms with van der Waals surface area (Å²) >= 11 is 0. The summed E-state index contributed by atoms with van der Waals surface area (Å²) in [5, 5.41) is 13.2. The molecule has 1 saturated carbocycles. The molecule has 5 nitrogen and oxygen atoms in total. The van der Waals surface area contributed by atoms with E-state index in [2.05, 4.69) is 59.1 Å². The van der Waals surface area contributed by atoms with Gasteiger partial charge in [-0.25, -0.2) is 4.68 Å². The van der Waals surface area contributed by atoms with Gasteiger partial charge in [-0.15, -0.1) is 0 Å². The highest BCUT2D eigenvalue weighted by molar-refractivity contribution is 5.91. The number of anilines is 1. The van der Waals surface area contributed by atoms with Gasteiger partial charge in [-0.1, -0.05) is 55.3 Å². The number of hydrogen-bond acceptors (Lipinski definition) is 3. The molecule has 2 N–H and O–H groups in total. The van der Waals surface area contributed by atoms with Crippen LogP contribution in [0.2, 0.25) is 0 Å². The molecule has 2 aromatic carbocycles. The van der Waals surface area contributed by atoms with Gasteiger partial charge in [0.05, 0.1) is 18.8 Å². The lowest BCUT2D eigenvalue weighted by atomic mass is 10.00. The Morgan fingerprint density at radius 2 is 1.93 bits per heavy atom. The average Bonchev–Trinajstić information content (AvgIpc) is 3.37. The molecular weight excluding hydrogens is 336 g/mol. The molecule has 4 rings (SSSR count). The average molecular weight is 362 g/mol. The van der Waals surface area contributed by atoms with Crippen molar-refractivity contribution >= 4 is 22.5 Å². The minimum absolute atomic E-state index is 0.0400. The predicted octanol–water partition coefficient (Wildman–Crippen LogP) is 4.44. The van der Waals surface area contributed by atoms with Crippen LogP contribution in [0.1, 0.15) is 50.3 Å². The molecule has 1 amide bonds. The maximum atomic E-state index is 12.5. The number of rotatable bonds is 6. The van der Waals surface area contributed by atoms with Crippen LogP contribution in [0.5, 0.6) is 0 Å². The molecule has 0 bridgehead atoms. The summed E-state index contributed by atoms with van der Waals surface area (Å²) in [6, 6.07) is 17.0. The second kappa shape index (κ2) is 7.92. The van der Waals surface area contributed by atoms with Gasteiger partial charge >= 0.3 is 0 Å². The monoisotopic (exact) mass is 362 g/mol. The molecule has 1 aliphatic rings. The van der Waals surface area contributed by atoms with Gasteiger partial charge in [-0.2, -0.15) is 5.10 Å². The number of nitrogens with one attached hydrogen (secondary N) is 2. The Kier molecular flexibility index (Phi) is 5.21. The maximum absolute atomic E-state index is 12.5. The van der Waals surface area contributed by atoms with E-state index >= 15 is 0 Å². The topological polar surface area (TPSA) is 59.0 Å². The van der Waals surface area contributed by atoms with Crippen LogP contribution in [0.4, 0.5) is 5.82 Å². The third kappa shape index (κ3) is 3.88. The summed E-state index contributed by atoms with van der Waals surface area (Å²) in [6.07, 6.45) is 6.52. The van der Waals surface area contributed by atoms with Crippen LogP contribution in [0.3, 0.4) is 0 Å². The van der Waals surface area contributed by atoms with Crippen LogP contribution in [0.25, 0.3) is 10.8 Å². The Morgan fingerprint density at radius 3 is 2.78 bits per heavy atom. The minimum atomic E-state index is -0.0400. The van der Waals surface area contributed by atoms with E-state index in [0.717, 1.165) is 18.7 Å². The Morgan fingerprint density at radius 1 is 1.15 bits per heavy atom. The largest absolute Gasteiger partial charge is 0.310 e. The number of hydrogen-bond donors (Lipinski definition) is 2. The summed E-state index contributed by atoms with van der Waals surface area (Å²) in [4.78, 5) is 12.5. The van der Waals surface area contributed by atoms with Gasteiger partial charge in [0.1, 0.15) is 5.82 Å². The number of aromatic nitrogens is 2. The fourth-order valence-corrected chi connectivity index (χ4v) is 4.02. The normalized spacial score (nSPS) is 15.9. The molecule has 27 heavy (non-hydrogen) atoms. The van der Waals surface area contributed by atoms with E-state index in [1.54, 1.807) is 6.20 Å². The van der Waals surface area contributed by atoms with E-state index < -0.39 is 0 Å². The van der Waals surface area contributed by atoms with Crippen molar-refractivity contribution in [3.05, 3.63) is 60.3 Å². The highest BCUT2D eigenvalue weighted by Crippen LogP contribution is 2.31. The van der Waals surface area contributed by atoms with Crippen molar-refractivity contribution < 1.29 is 4.79 Å². The Bertz CT molecular complexity index is 921. The van der Waals surface area contributed by atoms with E-state index in [0.29, 0.717) is 6.04 Å². The maximum Gasteiger partial charge on any atom is 0.239 e. The van der Waals surface area contributed by atoms with Crippen LogP contribution in [-0.4, -0.2) is 22.2 Å². The quantitative estimate of drug-likeness (QED) is 0.681. The number of fused-ring (bicyclic) bond motifs is 1. The van der Waals surface area contributed by atoms with Crippen molar-refractivity contribution in [2.45, 2.75) is 44.7 Å². The summed E-state index contributed by atoms with van der Waals surface area (Å²) in [7, 11) is 0. The van der Waals surface area contributed by atoms with Crippen LogP contribution in [0.15, 0.2) is 54.7 Å². The minimum Gasteiger partial charge on any atom is -0.310 e. The van der Waals surface area contributed by atoms with Gasteiger partial charge < -0.3 is 10.6 Å². The number of nitrogens with zero attached hydrogens (tertiary/aromatic N) is 2. The first-order valence-corrected chi connectivity index (χ1v) is 9.77. The lowest BCUT2D eigenvalue weighted by Crippen LogP contribution is -2.31. The third-order valence-corrected chi connectivity index (χ3v) is 5.47. The Labute approximate surface area is 159 Å². The molecule has 1 heterocycles. The van der Waals surface area contributed by atoms with Crippen molar-refractivity contribution in [1.82, 2.24) is 15.1 Å². The summed E-state index contributed by atoms with van der Waals surface area (Å²) in [5.74, 6) is 0.758. The van der Waals surface area contributed by atoms with Crippen molar-refractivity contribution in [2.75, 3.05) is 11.9 Å². The van der Waals surface area contributed by atoms with Crippen molar-refractivity contribution in [2.24, 2.45) is 0 Å². The summed E-state index contributed by atoms with van der Waals surface area (Å²) < 4.78 is 1.97. The molecule has 0 unspecified atom stereocenters. The number of amides is 1. The van der Waals surface area contributed by atoms with E-state index in [1.165, 1.54) is 29.2 Å². The molecule has 1 atom stereocenters. The zero-order valence-electron chi connectivity index (χ0n) is 15.7. The predicted molar refractivity (Wildman–Crippen MR) is 109 cm³/mol. The zero-order valence-corrected chi connectivity index (χ0v) is 15.7. The fraction of sp³-hybridized carbons (Fsp3) is 0.364. The van der Waals surface area contributed by atoms with Crippen molar-refractivity contribution in [3.8, 4) is 0 Å². The molecule has 3 aromatic rings. The molecule has 1 aliphatic carbocycles. The zero-order chi connectivity index (χ0) is 18.6. The number of benzene rings is 2. The van der Waals surface area contributed by atoms with E-state index in [4.69, 9.17) is 0 Å². The fourth-order valence-electron chi connectivity index (χ4n) is 4.02. The van der Waals surface area contributed by atoms with Gasteiger partial charge in [-0.05, 0) is 36.1 Å². The van der Waals surface area contributed by atoms with Crippen molar-refractivity contribution in [3.63, 3.8) is 0 Å². The second-order valence-corrected chi connectivity index (χ2v) is 7.32. The summed E-state index contributed by atoms with van der Waals surface area (Å²) in [6.45, 7) is 2.36. The van der Waals surface area contributed by atoms with E-state index in [-0.39, 0.29) is 18.5 Å². The SMILES string of the molecule is C[C@H](NCC(=O)Nc1ccnn1C1CCCC1)c1cccc2ccccc12. The van der Waals surface area contributed by atoms with Crippen LogP contribution in [0, 0.1) is 0 Å². The molecule has 1 aromatic heterocycles. The smallest absolute Gasteiger partial charge is 0.239 e. The van der Waals surface area contributed by atoms with Gasteiger partial charge in [0.2, 0.25) is 5.91 Å². The van der Waals surface area contributed by atoms with Crippen LogP contribution >= 0.6 is 0 Å². The molecule has 0 radical (unpaired) electrons. The lowest BCUT2D eigenvalue weighted by molar-refractivity contribution is -0.115. The highest BCUT2D eigenvalue weighted by Gasteiger charge is 2.20. The summed E-state index contributed by atoms with van der Waals surface area (Å²) in [5.41, 5.74) is 1.21. The molecule has 1 fully saturated rings. The first-order valence-electron chi connectivity index (χ1n) is 9.77. The second-order valence-electron chi connectivity index (χ2n) is 7.32. The van der Waals surface area contributed by atoms with Gasteiger partial charge in [0.15, 0.2) is 0 Å². The van der Waals surface area contributed by atoms with Gasteiger partial charge in [-0.3, -0.25) is 4.79 Å². The molecule has 0 aliphatic heterocycles. The van der Waals surface area contributed by atoms with E-state index in [9.17, 15) is 4.79 Å². The molecule has 0 saturated heterocycles. The van der Waals surface area contributed by atoms with E-state index in [1.807, 2.05) is 16.8 Å². The Hall–Kier alpha value is -2.66. The standard InChI is InChI=1S/C22H26N4O/c1-16(19-12-6-8-17-7-2-5-11-20(17)19)23-15-22(27)25-21-13-14-24-26(21)18-9-3-4-10-18/h2,5-8,11-14,16,18,23H,3-4,9-10,15H2,1H3,(H,25,27)/t16-/m0/s1. The Balaban J connectivity index is 1.39. The first kappa shape index (κ1) is 17.7. The first-order chi connectivity index (χ1) is 13.2. The van der Waals surface area contributed by atoms with Crippen molar-refractivity contribution in [1.29, 1.82) is 0 Å². The number of carbonyl (C=O) groups is 1. The number of carbonyl (C=O) groups excluding carboxylic acids is 1. The molecule has 140 valence electrons. The van der Waals surface area contributed by atoms with Crippen LogP contribution in [-0.2, 0) is 4.79 Å². The van der Waals surface area contributed by atoms with Crippen LogP contribution < -0.4 is 10.6 Å². The van der Waals surface area contributed by atoms with Gasteiger partial charge in [0, 0.05) is 12.1 Å². The lowest BCUT2D eigenvalue weighted by Gasteiger charge is -2.17. The molecule has 0 spiro atoms. The van der Waals surface area contributed by atoms with Gasteiger partial charge in [0.25, 0.3) is 0 Å². The third-order valence-electron chi connectivity index (χ3n) is 5.47. The highest BCUT2D eigenvalue weighted by atomic mass is 16.2.